The summed E-state index contributed by atoms with van der Waals surface area (Å²) < 4.78 is 0. The number of halogens is 2. The number of amides is 1. The van der Waals surface area contributed by atoms with Crippen molar-refractivity contribution in [3.8, 4) is 0 Å². The summed E-state index contributed by atoms with van der Waals surface area (Å²) in [5.74, 6) is -1.47. The van der Waals surface area contributed by atoms with Crippen LogP contribution in [0.4, 0.5) is 5.69 Å². The Bertz CT molecular complexity index is 460. The summed E-state index contributed by atoms with van der Waals surface area (Å²) in [6.45, 7) is 1.85. The molecule has 0 atom stereocenters. The van der Waals surface area contributed by atoms with Crippen LogP contribution in [0, 0.1) is 0 Å². The molecule has 0 saturated carbocycles. The highest BCUT2D eigenvalue weighted by Crippen LogP contribution is 2.30. The van der Waals surface area contributed by atoms with E-state index in [4.69, 9.17) is 28.3 Å². The van der Waals surface area contributed by atoms with Gasteiger partial charge in [0.2, 0.25) is 5.91 Å². The van der Waals surface area contributed by atoms with Gasteiger partial charge in [0.15, 0.2) is 0 Å². The van der Waals surface area contributed by atoms with Crippen LogP contribution in [0.15, 0.2) is 12.1 Å². The topological polar surface area (TPSA) is 66.4 Å². The quantitative estimate of drug-likeness (QED) is 0.885. The summed E-state index contributed by atoms with van der Waals surface area (Å²) in [6.07, 6.45) is 0.970. The Morgan fingerprint density at radius 2 is 2.00 bits per heavy atom. The van der Waals surface area contributed by atoms with Gasteiger partial charge in [0.1, 0.15) is 0 Å². The van der Waals surface area contributed by atoms with E-state index in [9.17, 15) is 9.59 Å². The average molecular weight is 276 g/mol. The monoisotopic (exact) mass is 275 g/mol. The standard InChI is InChI=1S/C11H11Cl2NO3/c1-2-3-9(15)14-10-7(11(16)17)4-6(12)5-8(10)13/h4-5H,2-3H2,1H3,(H,14,15)(H,16,17). The number of carboxylic acids is 1. The van der Waals surface area contributed by atoms with Gasteiger partial charge in [-0.3, -0.25) is 4.79 Å². The van der Waals surface area contributed by atoms with Crippen LogP contribution in [0.3, 0.4) is 0 Å². The third kappa shape index (κ3) is 3.61. The van der Waals surface area contributed by atoms with E-state index in [2.05, 4.69) is 5.32 Å². The number of anilines is 1. The van der Waals surface area contributed by atoms with Crippen LogP contribution in [0.5, 0.6) is 0 Å². The fourth-order valence-corrected chi connectivity index (χ4v) is 1.84. The van der Waals surface area contributed by atoms with Gasteiger partial charge in [0, 0.05) is 11.4 Å². The molecule has 0 fully saturated rings. The Balaban J connectivity index is 3.12. The van der Waals surface area contributed by atoms with E-state index in [0.29, 0.717) is 12.8 Å². The summed E-state index contributed by atoms with van der Waals surface area (Å²) in [6, 6.07) is 2.63. The van der Waals surface area contributed by atoms with Crippen molar-refractivity contribution in [3.63, 3.8) is 0 Å². The Morgan fingerprint density at radius 3 is 2.53 bits per heavy atom. The second-order valence-corrected chi connectivity index (χ2v) is 4.26. The van der Waals surface area contributed by atoms with Gasteiger partial charge < -0.3 is 10.4 Å². The zero-order chi connectivity index (χ0) is 13.0. The van der Waals surface area contributed by atoms with E-state index >= 15 is 0 Å². The van der Waals surface area contributed by atoms with E-state index in [1.807, 2.05) is 6.92 Å². The lowest BCUT2D eigenvalue weighted by Crippen LogP contribution is -2.14. The minimum atomic E-state index is -1.19. The normalized spacial score (nSPS) is 10.1. The molecule has 0 unspecified atom stereocenters. The van der Waals surface area contributed by atoms with Crippen molar-refractivity contribution in [2.75, 3.05) is 5.32 Å². The molecule has 0 aliphatic heterocycles. The van der Waals surface area contributed by atoms with E-state index in [1.54, 1.807) is 0 Å². The maximum Gasteiger partial charge on any atom is 0.337 e. The molecule has 4 nitrogen and oxygen atoms in total. The number of hydrogen-bond donors (Lipinski definition) is 2. The third-order valence-corrected chi connectivity index (χ3v) is 2.54. The molecule has 6 heteroatoms. The summed E-state index contributed by atoms with van der Waals surface area (Å²) in [5, 5.41) is 11.8. The first-order valence-electron chi connectivity index (χ1n) is 4.98. The second kappa shape index (κ2) is 5.89. The van der Waals surface area contributed by atoms with Gasteiger partial charge in [-0.2, -0.15) is 0 Å². The van der Waals surface area contributed by atoms with Crippen molar-refractivity contribution in [2.45, 2.75) is 19.8 Å². The van der Waals surface area contributed by atoms with Crippen molar-refractivity contribution in [3.05, 3.63) is 27.7 Å². The SMILES string of the molecule is CCCC(=O)Nc1c(Cl)cc(Cl)cc1C(=O)O. The smallest absolute Gasteiger partial charge is 0.337 e. The number of nitrogens with one attached hydrogen (secondary N) is 1. The van der Waals surface area contributed by atoms with Crippen LogP contribution in [0.25, 0.3) is 0 Å². The first-order chi connectivity index (χ1) is 7.95. The van der Waals surface area contributed by atoms with E-state index < -0.39 is 5.97 Å². The van der Waals surface area contributed by atoms with Crippen molar-refractivity contribution in [2.24, 2.45) is 0 Å². The number of hydrogen-bond acceptors (Lipinski definition) is 2. The van der Waals surface area contributed by atoms with Crippen LogP contribution >= 0.6 is 23.2 Å². The van der Waals surface area contributed by atoms with Crippen LogP contribution in [-0.2, 0) is 4.79 Å². The molecule has 0 aliphatic carbocycles. The molecule has 0 aliphatic rings. The lowest BCUT2D eigenvalue weighted by Gasteiger charge is -2.10. The van der Waals surface area contributed by atoms with Gasteiger partial charge >= 0.3 is 5.97 Å². The fraction of sp³-hybridized carbons (Fsp3) is 0.273. The highest BCUT2D eigenvalue weighted by Gasteiger charge is 2.16. The van der Waals surface area contributed by atoms with Crippen LogP contribution < -0.4 is 5.32 Å². The molecule has 0 bridgehead atoms. The molecule has 0 saturated heterocycles. The predicted molar refractivity (Wildman–Crippen MR) is 67.0 cm³/mol. The molecule has 0 radical (unpaired) electrons. The minimum Gasteiger partial charge on any atom is -0.478 e. The predicted octanol–water partition coefficient (Wildman–Crippen LogP) is 3.43. The summed E-state index contributed by atoms with van der Waals surface area (Å²) in [5.41, 5.74) is -0.0334. The maximum atomic E-state index is 11.4. The maximum absolute atomic E-state index is 11.4. The van der Waals surface area contributed by atoms with Gasteiger partial charge in [-0.25, -0.2) is 4.79 Å². The molecular formula is C11H11Cl2NO3. The van der Waals surface area contributed by atoms with E-state index in [0.717, 1.165) is 0 Å². The number of benzene rings is 1. The Labute approximate surface area is 109 Å². The molecule has 0 spiro atoms. The molecule has 1 aromatic rings. The molecule has 1 aromatic carbocycles. The van der Waals surface area contributed by atoms with Gasteiger partial charge in [0.05, 0.1) is 16.3 Å². The first kappa shape index (κ1) is 13.8. The first-order valence-corrected chi connectivity index (χ1v) is 5.73. The largest absolute Gasteiger partial charge is 0.478 e. The van der Waals surface area contributed by atoms with Gasteiger partial charge in [0.25, 0.3) is 0 Å². The molecule has 92 valence electrons. The highest BCUT2D eigenvalue weighted by atomic mass is 35.5. The average Bonchev–Trinajstić information content (AvgIpc) is 2.21. The summed E-state index contributed by atoms with van der Waals surface area (Å²) in [7, 11) is 0. The number of carboxylic acid groups (broad SMARTS) is 1. The van der Waals surface area contributed by atoms with Gasteiger partial charge in [-0.15, -0.1) is 0 Å². The molecule has 1 amide bonds. The minimum absolute atomic E-state index is 0.0852. The Kier molecular flexibility index (Phi) is 4.78. The molecule has 2 N–H and O–H groups in total. The zero-order valence-corrected chi connectivity index (χ0v) is 10.6. The fourth-order valence-electron chi connectivity index (χ4n) is 1.30. The Morgan fingerprint density at radius 1 is 1.35 bits per heavy atom. The molecule has 0 aromatic heterocycles. The number of carbonyl (C=O) groups excluding carboxylic acids is 1. The van der Waals surface area contributed by atoms with Crippen molar-refractivity contribution < 1.29 is 14.7 Å². The highest BCUT2D eigenvalue weighted by molar-refractivity contribution is 6.37. The third-order valence-electron chi connectivity index (χ3n) is 2.03. The second-order valence-electron chi connectivity index (χ2n) is 3.41. The number of aromatic carboxylic acids is 1. The van der Waals surface area contributed by atoms with Gasteiger partial charge in [-0.05, 0) is 18.6 Å². The zero-order valence-electron chi connectivity index (χ0n) is 9.09. The van der Waals surface area contributed by atoms with Crippen molar-refractivity contribution in [1.29, 1.82) is 0 Å². The van der Waals surface area contributed by atoms with Crippen molar-refractivity contribution >= 4 is 40.8 Å². The number of carbonyl (C=O) groups is 2. The van der Waals surface area contributed by atoms with E-state index in [-0.39, 0.29) is 27.2 Å². The van der Waals surface area contributed by atoms with E-state index in [1.165, 1.54) is 12.1 Å². The number of rotatable bonds is 4. The summed E-state index contributed by atoms with van der Waals surface area (Å²) >= 11 is 11.6. The summed E-state index contributed by atoms with van der Waals surface area (Å²) in [4.78, 5) is 22.4. The Hall–Kier alpha value is -1.26. The van der Waals surface area contributed by atoms with Crippen LogP contribution in [0.2, 0.25) is 10.0 Å². The van der Waals surface area contributed by atoms with Crippen LogP contribution in [0.1, 0.15) is 30.1 Å². The van der Waals surface area contributed by atoms with Crippen LogP contribution in [-0.4, -0.2) is 17.0 Å². The van der Waals surface area contributed by atoms with Gasteiger partial charge in [-0.1, -0.05) is 30.1 Å². The molecular weight excluding hydrogens is 265 g/mol. The molecule has 17 heavy (non-hydrogen) atoms. The molecule has 1 rings (SSSR count). The van der Waals surface area contributed by atoms with Crippen molar-refractivity contribution in [1.82, 2.24) is 0 Å². The molecule has 0 heterocycles. The lowest BCUT2D eigenvalue weighted by atomic mass is 10.1. The lowest BCUT2D eigenvalue weighted by molar-refractivity contribution is -0.116.